The molecule has 0 radical (unpaired) electrons. The Morgan fingerprint density at radius 2 is 1.72 bits per heavy atom. The number of fused-ring (bicyclic) bond motifs is 1. The van der Waals surface area contributed by atoms with Crippen LogP contribution in [-0.4, -0.2) is 14.2 Å². The number of hydrogen-bond acceptors (Lipinski definition) is 2. The van der Waals surface area contributed by atoms with Crippen molar-refractivity contribution in [2.45, 2.75) is 13.5 Å². The van der Waals surface area contributed by atoms with Crippen molar-refractivity contribution in [2.75, 3.05) is 0 Å². The van der Waals surface area contributed by atoms with E-state index in [4.69, 9.17) is 11.6 Å². The number of aromatic nitrogens is 3. The number of hydrogen-bond donors (Lipinski definition) is 0. The minimum absolute atomic E-state index is 0.0595. The number of rotatable bonds is 3. The van der Waals surface area contributed by atoms with Crippen LogP contribution in [0.3, 0.4) is 0 Å². The number of aryl methyl sites for hydroxylation is 1. The van der Waals surface area contributed by atoms with E-state index in [0.29, 0.717) is 17.1 Å². The summed E-state index contributed by atoms with van der Waals surface area (Å²) >= 11 is 5.93. The summed E-state index contributed by atoms with van der Waals surface area (Å²) < 4.78 is 3.32. The zero-order valence-corrected chi connectivity index (χ0v) is 14.4. The van der Waals surface area contributed by atoms with Crippen molar-refractivity contribution in [2.24, 2.45) is 0 Å². The van der Waals surface area contributed by atoms with Crippen molar-refractivity contribution in [3.63, 3.8) is 0 Å². The van der Waals surface area contributed by atoms with Gasteiger partial charge in [0.25, 0.3) is 5.56 Å². The lowest BCUT2D eigenvalue weighted by molar-refractivity contribution is 0.743. The summed E-state index contributed by atoms with van der Waals surface area (Å²) in [6, 6.07) is 17.4. The van der Waals surface area contributed by atoms with Gasteiger partial charge >= 0.3 is 0 Å². The van der Waals surface area contributed by atoms with E-state index in [1.54, 1.807) is 15.3 Å². The van der Waals surface area contributed by atoms with Crippen LogP contribution in [0.5, 0.6) is 0 Å². The summed E-state index contributed by atoms with van der Waals surface area (Å²) in [5.74, 6) is 0. The second kappa shape index (κ2) is 6.22. The van der Waals surface area contributed by atoms with Crippen LogP contribution in [0.1, 0.15) is 11.1 Å². The maximum Gasteiger partial charge on any atom is 0.276 e. The summed E-state index contributed by atoms with van der Waals surface area (Å²) in [6.07, 6.45) is 3.58. The van der Waals surface area contributed by atoms with Gasteiger partial charge in [0.2, 0.25) is 0 Å². The number of nitrogens with zero attached hydrogens (tertiary/aromatic N) is 3. The van der Waals surface area contributed by atoms with E-state index in [1.165, 1.54) is 5.56 Å². The molecular weight excluding hydrogens is 334 g/mol. The van der Waals surface area contributed by atoms with Crippen LogP contribution in [-0.2, 0) is 6.54 Å². The highest BCUT2D eigenvalue weighted by molar-refractivity contribution is 6.30. The van der Waals surface area contributed by atoms with Crippen molar-refractivity contribution in [3.05, 3.63) is 93.5 Å². The normalized spacial score (nSPS) is 11.1. The first-order valence-electron chi connectivity index (χ1n) is 8.00. The van der Waals surface area contributed by atoms with Gasteiger partial charge in [-0.2, -0.15) is 5.10 Å². The van der Waals surface area contributed by atoms with E-state index in [1.807, 2.05) is 55.6 Å². The van der Waals surface area contributed by atoms with E-state index < -0.39 is 0 Å². The topological polar surface area (TPSA) is 39.3 Å². The first-order valence-corrected chi connectivity index (χ1v) is 8.38. The van der Waals surface area contributed by atoms with Crippen LogP contribution in [0.25, 0.3) is 16.8 Å². The lowest BCUT2D eigenvalue weighted by atomic mass is 10.1. The van der Waals surface area contributed by atoms with Crippen molar-refractivity contribution in [1.29, 1.82) is 0 Å². The smallest absolute Gasteiger partial charge is 0.276 e. The van der Waals surface area contributed by atoms with Crippen LogP contribution in [0.2, 0.25) is 5.02 Å². The van der Waals surface area contributed by atoms with E-state index in [-0.39, 0.29) is 5.56 Å². The van der Waals surface area contributed by atoms with Gasteiger partial charge < -0.3 is 4.57 Å². The molecule has 4 aromatic rings. The molecule has 0 atom stereocenters. The van der Waals surface area contributed by atoms with Crippen LogP contribution in [0, 0.1) is 6.92 Å². The molecule has 124 valence electrons. The summed E-state index contributed by atoms with van der Waals surface area (Å²) in [7, 11) is 0. The average molecular weight is 350 g/mol. The Hall–Kier alpha value is -2.85. The molecule has 25 heavy (non-hydrogen) atoms. The fourth-order valence-electron chi connectivity index (χ4n) is 2.80. The Labute approximate surface area is 149 Å². The Morgan fingerprint density at radius 3 is 2.44 bits per heavy atom. The zero-order valence-electron chi connectivity index (χ0n) is 13.7. The SMILES string of the molecule is Cc1ccc(Cn2ccn3nc(-c4ccc(Cl)cc4)cc3c2=O)cc1. The van der Waals surface area contributed by atoms with Gasteiger partial charge in [0.05, 0.1) is 12.2 Å². The van der Waals surface area contributed by atoms with Crippen LogP contribution >= 0.6 is 11.6 Å². The molecule has 5 heteroatoms. The zero-order chi connectivity index (χ0) is 17.4. The second-order valence-corrected chi connectivity index (χ2v) is 6.52. The Bertz CT molecular complexity index is 1090. The molecule has 0 saturated heterocycles. The summed E-state index contributed by atoms with van der Waals surface area (Å²) in [4.78, 5) is 12.8. The fourth-order valence-corrected chi connectivity index (χ4v) is 2.93. The van der Waals surface area contributed by atoms with Crippen molar-refractivity contribution in [3.8, 4) is 11.3 Å². The fraction of sp³-hybridized carbons (Fsp3) is 0.100. The van der Waals surface area contributed by atoms with Crippen molar-refractivity contribution in [1.82, 2.24) is 14.2 Å². The van der Waals surface area contributed by atoms with E-state index in [0.717, 1.165) is 16.8 Å². The van der Waals surface area contributed by atoms with Gasteiger partial charge in [-0.3, -0.25) is 4.79 Å². The molecule has 0 unspecified atom stereocenters. The van der Waals surface area contributed by atoms with E-state index in [9.17, 15) is 4.79 Å². The predicted octanol–water partition coefficient (Wildman–Crippen LogP) is 4.17. The third-order valence-corrected chi connectivity index (χ3v) is 4.47. The summed E-state index contributed by atoms with van der Waals surface area (Å²) in [6.45, 7) is 2.59. The molecular formula is C20H16ClN3O. The summed E-state index contributed by atoms with van der Waals surface area (Å²) in [5.41, 5.74) is 4.47. The van der Waals surface area contributed by atoms with Crippen LogP contribution in [0.4, 0.5) is 0 Å². The molecule has 2 aromatic heterocycles. The standard InChI is InChI=1S/C20H16ClN3O/c1-14-2-4-15(5-3-14)13-23-10-11-24-19(20(23)25)12-18(22-24)16-6-8-17(21)9-7-16/h2-12H,13H2,1H3. The summed E-state index contributed by atoms with van der Waals surface area (Å²) in [5, 5.41) is 5.17. The van der Waals surface area contributed by atoms with Gasteiger partial charge in [-0.05, 0) is 30.7 Å². The van der Waals surface area contributed by atoms with Crippen LogP contribution in [0.15, 0.2) is 71.8 Å². The largest absolute Gasteiger partial charge is 0.308 e. The minimum atomic E-state index is -0.0595. The lowest BCUT2D eigenvalue weighted by Crippen LogP contribution is -2.21. The van der Waals surface area contributed by atoms with E-state index in [2.05, 4.69) is 17.2 Å². The molecule has 2 heterocycles. The van der Waals surface area contributed by atoms with Crippen molar-refractivity contribution < 1.29 is 0 Å². The molecule has 4 nitrogen and oxygen atoms in total. The molecule has 0 spiro atoms. The molecule has 0 amide bonds. The predicted molar refractivity (Wildman–Crippen MR) is 100 cm³/mol. The maximum atomic E-state index is 12.8. The first-order chi connectivity index (χ1) is 12.1. The molecule has 0 bridgehead atoms. The molecule has 0 aliphatic rings. The molecule has 0 saturated carbocycles. The third kappa shape index (κ3) is 3.08. The van der Waals surface area contributed by atoms with Gasteiger partial charge in [-0.25, -0.2) is 4.52 Å². The van der Waals surface area contributed by atoms with Gasteiger partial charge in [-0.1, -0.05) is 53.6 Å². The highest BCUT2D eigenvalue weighted by Gasteiger charge is 2.09. The van der Waals surface area contributed by atoms with E-state index >= 15 is 0 Å². The van der Waals surface area contributed by atoms with Gasteiger partial charge in [-0.15, -0.1) is 0 Å². The van der Waals surface area contributed by atoms with Gasteiger partial charge in [0, 0.05) is 23.0 Å². The Balaban J connectivity index is 1.73. The average Bonchev–Trinajstić information content (AvgIpc) is 3.05. The Kier molecular flexibility index (Phi) is 3.90. The quantitative estimate of drug-likeness (QED) is 0.556. The van der Waals surface area contributed by atoms with Gasteiger partial charge in [0.1, 0.15) is 5.52 Å². The second-order valence-electron chi connectivity index (χ2n) is 6.08. The molecule has 0 aliphatic carbocycles. The monoisotopic (exact) mass is 349 g/mol. The molecule has 0 N–H and O–H groups in total. The molecule has 4 rings (SSSR count). The molecule has 0 aliphatic heterocycles. The third-order valence-electron chi connectivity index (χ3n) is 4.22. The maximum absolute atomic E-state index is 12.8. The lowest BCUT2D eigenvalue weighted by Gasteiger charge is -2.06. The molecule has 0 fully saturated rings. The minimum Gasteiger partial charge on any atom is -0.308 e. The first kappa shape index (κ1) is 15.7. The van der Waals surface area contributed by atoms with Crippen LogP contribution < -0.4 is 5.56 Å². The highest BCUT2D eigenvalue weighted by atomic mass is 35.5. The number of benzene rings is 2. The number of halogens is 1. The highest BCUT2D eigenvalue weighted by Crippen LogP contribution is 2.20. The van der Waals surface area contributed by atoms with Gasteiger partial charge in [0.15, 0.2) is 0 Å². The Morgan fingerprint density at radius 1 is 1.00 bits per heavy atom. The van der Waals surface area contributed by atoms with Crippen molar-refractivity contribution >= 4 is 17.1 Å². The molecule has 2 aromatic carbocycles.